The first-order chi connectivity index (χ1) is 4.52. The van der Waals surface area contributed by atoms with Crippen molar-refractivity contribution in [3.05, 3.63) is 16.4 Å². The molecule has 1 heterocycles. The number of hydrogen-bond acceptors (Lipinski definition) is 2. The fourth-order valence-electron chi connectivity index (χ4n) is 0.617. The van der Waals surface area contributed by atoms with E-state index < -0.39 is 0 Å². The quantitative estimate of drug-likeness (QED) is 0.588. The van der Waals surface area contributed by atoms with Gasteiger partial charge in [0, 0.05) is 0 Å². The molecule has 4 heteroatoms. The normalized spacial score (nSPS) is 12.0. The van der Waals surface area contributed by atoms with Crippen LogP contribution in [0.1, 0.15) is 19.5 Å². The second-order valence-corrected chi connectivity index (χ2v) is 6.03. The van der Waals surface area contributed by atoms with Gasteiger partial charge >= 0.3 is 0 Å². The van der Waals surface area contributed by atoms with Gasteiger partial charge in [-0.2, -0.15) is 0 Å². The Morgan fingerprint density at radius 2 is 2.30 bits per heavy atom. The van der Waals surface area contributed by atoms with Gasteiger partial charge in [-0.3, -0.25) is 0 Å². The molecule has 0 spiro atoms. The standard InChI is InChI=1S/C6H7BrINO/c1-6(2,8)5-4(7)3-10-9-5/h3H,1-2H3. The Morgan fingerprint density at radius 3 is 2.50 bits per heavy atom. The van der Waals surface area contributed by atoms with Crippen molar-refractivity contribution in [3.8, 4) is 0 Å². The summed E-state index contributed by atoms with van der Waals surface area (Å²) in [7, 11) is 0. The number of hydrogen-bond donors (Lipinski definition) is 0. The molecule has 0 fully saturated rings. The van der Waals surface area contributed by atoms with E-state index in [0.29, 0.717) is 0 Å². The van der Waals surface area contributed by atoms with Crippen molar-refractivity contribution in [1.29, 1.82) is 0 Å². The molecular weight excluding hydrogens is 309 g/mol. The molecule has 0 aliphatic rings. The minimum Gasteiger partial charge on any atom is -0.363 e. The van der Waals surface area contributed by atoms with Gasteiger partial charge in [0.1, 0.15) is 12.0 Å². The van der Waals surface area contributed by atoms with E-state index in [1.54, 1.807) is 6.26 Å². The Balaban J connectivity index is 3.05. The second-order valence-electron chi connectivity index (χ2n) is 2.48. The van der Waals surface area contributed by atoms with E-state index in [4.69, 9.17) is 4.52 Å². The molecule has 0 bridgehead atoms. The number of nitrogens with zero attached hydrogens (tertiary/aromatic N) is 1. The van der Waals surface area contributed by atoms with Gasteiger partial charge in [-0.25, -0.2) is 0 Å². The Labute approximate surface area is 81.6 Å². The summed E-state index contributed by atoms with van der Waals surface area (Å²) in [5.74, 6) is 0. The van der Waals surface area contributed by atoms with Crippen LogP contribution in [0.5, 0.6) is 0 Å². The van der Waals surface area contributed by atoms with Gasteiger partial charge in [-0.15, -0.1) is 0 Å². The van der Waals surface area contributed by atoms with Gasteiger partial charge in [0.05, 0.1) is 7.89 Å². The molecule has 0 saturated heterocycles. The molecule has 0 aliphatic carbocycles. The molecule has 10 heavy (non-hydrogen) atoms. The fraction of sp³-hybridized carbons (Fsp3) is 0.500. The van der Waals surface area contributed by atoms with Crippen LogP contribution in [0.15, 0.2) is 15.3 Å². The van der Waals surface area contributed by atoms with Gasteiger partial charge < -0.3 is 4.52 Å². The van der Waals surface area contributed by atoms with Crippen LogP contribution in [0.4, 0.5) is 0 Å². The van der Waals surface area contributed by atoms with Crippen LogP contribution in [-0.4, -0.2) is 5.16 Å². The van der Waals surface area contributed by atoms with Crippen molar-refractivity contribution < 1.29 is 4.52 Å². The summed E-state index contributed by atoms with van der Waals surface area (Å²) < 4.78 is 5.74. The summed E-state index contributed by atoms with van der Waals surface area (Å²) >= 11 is 5.65. The fourth-order valence-corrected chi connectivity index (χ4v) is 2.03. The monoisotopic (exact) mass is 315 g/mol. The van der Waals surface area contributed by atoms with Crippen LogP contribution < -0.4 is 0 Å². The maximum absolute atomic E-state index is 4.77. The van der Waals surface area contributed by atoms with Crippen LogP contribution >= 0.6 is 38.5 Å². The molecule has 0 saturated carbocycles. The molecule has 0 aromatic carbocycles. The Kier molecular flexibility index (Phi) is 2.39. The van der Waals surface area contributed by atoms with Gasteiger partial charge in [-0.05, 0) is 29.8 Å². The average Bonchev–Trinajstić information content (AvgIpc) is 2.11. The minimum atomic E-state index is 0.0313. The van der Waals surface area contributed by atoms with Crippen LogP contribution in [-0.2, 0) is 3.42 Å². The van der Waals surface area contributed by atoms with Crippen LogP contribution in [0.2, 0.25) is 0 Å². The summed E-state index contributed by atoms with van der Waals surface area (Å²) in [5.41, 5.74) is 0.952. The summed E-state index contributed by atoms with van der Waals surface area (Å²) in [6, 6.07) is 0. The average molecular weight is 316 g/mol. The molecule has 0 aliphatic heterocycles. The highest BCUT2D eigenvalue weighted by atomic mass is 127. The first kappa shape index (κ1) is 8.52. The van der Waals surface area contributed by atoms with E-state index in [-0.39, 0.29) is 3.42 Å². The Morgan fingerprint density at radius 1 is 1.70 bits per heavy atom. The molecule has 0 atom stereocenters. The maximum atomic E-state index is 4.77. The molecule has 56 valence electrons. The van der Waals surface area contributed by atoms with Crippen molar-refractivity contribution in [2.75, 3.05) is 0 Å². The minimum absolute atomic E-state index is 0.0313. The summed E-state index contributed by atoms with van der Waals surface area (Å²) in [5, 5.41) is 3.86. The zero-order chi connectivity index (χ0) is 7.78. The van der Waals surface area contributed by atoms with E-state index in [1.807, 2.05) is 0 Å². The lowest BCUT2D eigenvalue weighted by Crippen LogP contribution is -2.07. The third kappa shape index (κ3) is 1.72. The van der Waals surface area contributed by atoms with Crippen LogP contribution in [0.25, 0.3) is 0 Å². The molecule has 2 nitrogen and oxygen atoms in total. The topological polar surface area (TPSA) is 26.0 Å². The third-order valence-corrected chi connectivity index (χ3v) is 2.16. The van der Waals surface area contributed by atoms with Crippen molar-refractivity contribution in [2.45, 2.75) is 17.3 Å². The predicted molar refractivity (Wildman–Crippen MR) is 51.2 cm³/mol. The third-order valence-electron chi connectivity index (χ3n) is 1.09. The van der Waals surface area contributed by atoms with Crippen LogP contribution in [0.3, 0.4) is 0 Å². The maximum Gasteiger partial charge on any atom is 0.138 e. The van der Waals surface area contributed by atoms with Gasteiger partial charge in [0.15, 0.2) is 0 Å². The number of halogens is 2. The lowest BCUT2D eigenvalue weighted by atomic mass is 10.1. The zero-order valence-electron chi connectivity index (χ0n) is 5.69. The molecule has 0 radical (unpaired) electrons. The second kappa shape index (κ2) is 2.81. The number of alkyl halides is 1. The Bertz CT molecular complexity index is 228. The highest BCUT2D eigenvalue weighted by Gasteiger charge is 2.22. The lowest BCUT2D eigenvalue weighted by molar-refractivity contribution is 0.407. The lowest BCUT2D eigenvalue weighted by Gasteiger charge is -2.11. The molecule has 1 aromatic heterocycles. The highest BCUT2D eigenvalue weighted by molar-refractivity contribution is 14.1. The van der Waals surface area contributed by atoms with E-state index in [1.165, 1.54) is 0 Å². The summed E-state index contributed by atoms with van der Waals surface area (Å²) in [6.45, 7) is 4.16. The van der Waals surface area contributed by atoms with E-state index >= 15 is 0 Å². The van der Waals surface area contributed by atoms with Crippen molar-refractivity contribution >= 4 is 38.5 Å². The first-order valence-corrected chi connectivity index (χ1v) is 4.68. The SMILES string of the molecule is CC(C)(I)c1nocc1Br. The van der Waals surface area contributed by atoms with Gasteiger partial charge in [0.2, 0.25) is 0 Å². The smallest absolute Gasteiger partial charge is 0.138 e. The first-order valence-electron chi connectivity index (χ1n) is 2.81. The van der Waals surface area contributed by atoms with E-state index in [2.05, 4.69) is 57.5 Å². The molecule has 0 amide bonds. The number of rotatable bonds is 1. The van der Waals surface area contributed by atoms with E-state index in [0.717, 1.165) is 10.2 Å². The Hall–Kier alpha value is 0.420. The molecular formula is C6H7BrINO. The largest absolute Gasteiger partial charge is 0.363 e. The predicted octanol–water partition coefficient (Wildman–Crippen LogP) is 3.11. The van der Waals surface area contributed by atoms with Crippen LogP contribution in [0, 0.1) is 0 Å². The number of aromatic nitrogens is 1. The van der Waals surface area contributed by atoms with Crippen molar-refractivity contribution in [1.82, 2.24) is 5.16 Å². The highest BCUT2D eigenvalue weighted by Crippen LogP contribution is 2.34. The van der Waals surface area contributed by atoms with E-state index in [9.17, 15) is 0 Å². The van der Waals surface area contributed by atoms with Gasteiger partial charge in [-0.1, -0.05) is 27.7 Å². The molecule has 0 unspecified atom stereocenters. The summed E-state index contributed by atoms with van der Waals surface area (Å²) in [6.07, 6.45) is 1.59. The molecule has 1 aromatic rings. The van der Waals surface area contributed by atoms with Crippen molar-refractivity contribution in [3.63, 3.8) is 0 Å². The van der Waals surface area contributed by atoms with Gasteiger partial charge in [0.25, 0.3) is 0 Å². The van der Waals surface area contributed by atoms with Crippen molar-refractivity contribution in [2.24, 2.45) is 0 Å². The molecule has 0 N–H and O–H groups in total. The summed E-state index contributed by atoms with van der Waals surface area (Å²) in [4.78, 5) is 0. The zero-order valence-corrected chi connectivity index (χ0v) is 9.43. The molecule has 1 rings (SSSR count).